The molecule has 1 saturated carbocycles. The highest BCUT2D eigenvalue weighted by Gasteiger charge is 2.39. The average Bonchev–Trinajstić information content (AvgIpc) is 3.52. The van der Waals surface area contributed by atoms with Crippen molar-refractivity contribution in [1.29, 1.82) is 0 Å². The molecule has 2 bridgehead atoms. The highest BCUT2D eigenvalue weighted by Crippen LogP contribution is 2.50. The van der Waals surface area contributed by atoms with E-state index in [9.17, 15) is 13.6 Å². The Kier molecular flexibility index (Phi) is 5.01. The molecule has 1 aliphatic carbocycles. The van der Waals surface area contributed by atoms with E-state index in [0.29, 0.717) is 49.1 Å². The van der Waals surface area contributed by atoms with E-state index < -0.39 is 6.08 Å². The molecule has 2 aromatic carbocycles. The van der Waals surface area contributed by atoms with Crippen LogP contribution in [0.2, 0.25) is 0 Å². The fraction of sp³-hybridized carbons (Fsp3) is 0.360. The number of imidazole rings is 1. The second kappa shape index (κ2) is 7.94. The summed E-state index contributed by atoms with van der Waals surface area (Å²) in [5.41, 5.74) is 4.07. The van der Waals surface area contributed by atoms with Gasteiger partial charge in [0.2, 0.25) is 0 Å². The summed E-state index contributed by atoms with van der Waals surface area (Å²) >= 11 is 3.50. The maximum atomic E-state index is 13.4. The molecule has 1 saturated heterocycles. The quantitative estimate of drug-likeness (QED) is 0.428. The lowest BCUT2D eigenvalue weighted by molar-refractivity contribution is 0.102. The molecule has 3 aromatic rings. The third-order valence-corrected chi connectivity index (χ3v) is 7.80. The summed E-state index contributed by atoms with van der Waals surface area (Å²) in [4.78, 5) is 20.3. The SMILES string of the molecule is O=C(Nc1ccc(Br)cc1N1CCC(=C(F)F)CC1)c1cccc2c1nc1n2C2CCC1C2. The third-order valence-electron chi connectivity index (χ3n) is 7.31. The minimum absolute atomic E-state index is 0.208. The van der Waals surface area contributed by atoms with Crippen molar-refractivity contribution in [2.24, 2.45) is 0 Å². The molecule has 33 heavy (non-hydrogen) atoms. The van der Waals surface area contributed by atoms with Crippen molar-refractivity contribution in [2.45, 2.75) is 44.1 Å². The number of piperidine rings is 1. The van der Waals surface area contributed by atoms with Crippen molar-refractivity contribution in [3.05, 3.63) is 63.9 Å². The van der Waals surface area contributed by atoms with E-state index in [1.165, 1.54) is 12.8 Å². The first kappa shape index (κ1) is 20.8. The van der Waals surface area contributed by atoms with E-state index in [1.54, 1.807) is 0 Å². The molecule has 2 atom stereocenters. The van der Waals surface area contributed by atoms with Crippen LogP contribution in [0.5, 0.6) is 0 Å². The molecule has 0 spiro atoms. The van der Waals surface area contributed by atoms with Gasteiger partial charge in [0.25, 0.3) is 12.0 Å². The maximum absolute atomic E-state index is 13.4. The van der Waals surface area contributed by atoms with Crippen LogP contribution in [0.3, 0.4) is 0 Å². The number of benzene rings is 2. The van der Waals surface area contributed by atoms with Crippen LogP contribution in [0.4, 0.5) is 20.2 Å². The Morgan fingerprint density at radius 3 is 2.73 bits per heavy atom. The predicted molar refractivity (Wildman–Crippen MR) is 128 cm³/mol. The molecule has 0 radical (unpaired) electrons. The fourth-order valence-electron chi connectivity index (χ4n) is 5.69. The lowest BCUT2D eigenvalue weighted by atomic mass is 10.0. The summed E-state index contributed by atoms with van der Waals surface area (Å²) in [6.45, 7) is 0.968. The van der Waals surface area contributed by atoms with Gasteiger partial charge in [-0.15, -0.1) is 0 Å². The van der Waals surface area contributed by atoms with Crippen molar-refractivity contribution in [1.82, 2.24) is 9.55 Å². The number of aromatic nitrogens is 2. The number of hydrogen-bond acceptors (Lipinski definition) is 3. The zero-order valence-corrected chi connectivity index (χ0v) is 19.5. The third kappa shape index (κ3) is 3.46. The van der Waals surface area contributed by atoms with E-state index in [2.05, 4.69) is 36.8 Å². The summed E-state index contributed by atoms with van der Waals surface area (Å²) in [6, 6.07) is 12.0. The average molecular weight is 513 g/mol. The van der Waals surface area contributed by atoms with Gasteiger partial charge in [0.05, 0.1) is 22.5 Å². The normalized spacial score (nSPS) is 21.5. The van der Waals surface area contributed by atoms with Crippen LogP contribution in [0.1, 0.15) is 60.2 Å². The van der Waals surface area contributed by atoms with Gasteiger partial charge in [-0.25, -0.2) is 4.98 Å². The molecular weight excluding hydrogens is 490 g/mol. The molecule has 2 aliphatic heterocycles. The first-order valence-electron chi connectivity index (χ1n) is 11.4. The van der Waals surface area contributed by atoms with E-state index >= 15 is 0 Å². The number of carbonyl (C=O) groups excluding carboxylic acids is 1. The number of para-hydroxylation sites is 1. The van der Waals surface area contributed by atoms with E-state index in [4.69, 9.17) is 4.98 Å². The first-order valence-corrected chi connectivity index (χ1v) is 12.2. The summed E-state index contributed by atoms with van der Waals surface area (Å²) in [5, 5.41) is 3.07. The number of anilines is 2. The van der Waals surface area contributed by atoms with E-state index in [-0.39, 0.29) is 11.5 Å². The molecule has 1 aromatic heterocycles. The van der Waals surface area contributed by atoms with Gasteiger partial charge in [0.15, 0.2) is 0 Å². The van der Waals surface area contributed by atoms with Crippen LogP contribution in [0, 0.1) is 0 Å². The molecule has 170 valence electrons. The molecule has 3 heterocycles. The second-order valence-corrected chi connectivity index (χ2v) is 10.1. The molecule has 1 N–H and O–H groups in total. The number of carbonyl (C=O) groups is 1. The lowest BCUT2D eigenvalue weighted by Crippen LogP contribution is -2.31. The van der Waals surface area contributed by atoms with Crippen molar-refractivity contribution in [2.75, 3.05) is 23.3 Å². The molecule has 2 fully saturated rings. The summed E-state index contributed by atoms with van der Waals surface area (Å²) in [5.74, 6) is 1.41. The Labute approximate surface area is 198 Å². The van der Waals surface area contributed by atoms with Crippen LogP contribution in [-0.2, 0) is 0 Å². The Morgan fingerprint density at radius 2 is 1.94 bits per heavy atom. The van der Waals surface area contributed by atoms with Crippen molar-refractivity contribution >= 4 is 44.2 Å². The van der Waals surface area contributed by atoms with Gasteiger partial charge in [0.1, 0.15) is 11.3 Å². The lowest BCUT2D eigenvalue weighted by Gasteiger charge is -2.31. The van der Waals surface area contributed by atoms with Gasteiger partial charge in [-0.05, 0) is 68.0 Å². The van der Waals surface area contributed by atoms with E-state index in [0.717, 1.165) is 33.4 Å². The Morgan fingerprint density at radius 1 is 1.12 bits per heavy atom. The zero-order valence-electron chi connectivity index (χ0n) is 18.0. The van der Waals surface area contributed by atoms with Crippen LogP contribution in [0.15, 0.2) is 52.5 Å². The van der Waals surface area contributed by atoms with Crippen LogP contribution < -0.4 is 10.2 Å². The minimum atomic E-state index is -1.56. The van der Waals surface area contributed by atoms with Gasteiger partial charge in [0, 0.05) is 29.5 Å². The van der Waals surface area contributed by atoms with Crippen LogP contribution >= 0.6 is 15.9 Å². The van der Waals surface area contributed by atoms with Gasteiger partial charge in [-0.3, -0.25) is 4.79 Å². The summed E-state index contributed by atoms with van der Waals surface area (Å²) < 4.78 is 29.2. The largest absolute Gasteiger partial charge is 0.369 e. The maximum Gasteiger partial charge on any atom is 0.269 e. The Hall–Kier alpha value is -2.74. The Bertz CT molecular complexity index is 1300. The number of nitrogens with one attached hydrogen (secondary N) is 1. The number of fused-ring (bicyclic) bond motifs is 7. The summed E-state index contributed by atoms with van der Waals surface area (Å²) in [6.07, 6.45) is 2.60. The predicted octanol–water partition coefficient (Wildman–Crippen LogP) is 6.62. The topological polar surface area (TPSA) is 50.2 Å². The Balaban J connectivity index is 1.31. The number of rotatable bonds is 3. The molecular formula is C25H23BrF2N4O. The number of nitrogens with zero attached hydrogens (tertiary/aromatic N) is 3. The fourth-order valence-corrected chi connectivity index (χ4v) is 6.03. The summed E-state index contributed by atoms with van der Waals surface area (Å²) in [7, 11) is 0. The van der Waals surface area contributed by atoms with Crippen molar-refractivity contribution in [3.8, 4) is 0 Å². The molecule has 6 rings (SSSR count). The first-order chi connectivity index (χ1) is 16.0. The van der Waals surface area contributed by atoms with Crippen LogP contribution in [-0.4, -0.2) is 28.5 Å². The highest BCUT2D eigenvalue weighted by atomic mass is 79.9. The number of amides is 1. The second-order valence-electron chi connectivity index (χ2n) is 9.14. The van der Waals surface area contributed by atoms with E-state index in [1.807, 2.05) is 30.3 Å². The van der Waals surface area contributed by atoms with Crippen molar-refractivity contribution < 1.29 is 13.6 Å². The molecule has 8 heteroatoms. The van der Waals surface area contributed by atoms with Gasteiger partial charge in [-0.1, -0.05) is 22.0 Å². The van der Waals surface area contributed by atoms with Gasteiger partial charge in [-0.2, -0.15) is 8.78 Å². The van der Waals surface area contributed by atoms with Gasteiger partial charge < -0.3 is 14.8 Å². The number of halogens is 3. The standard InChI is InChI=1S/C25H23BrF2N4O/c26-16-5-7-19(21(13-16)31-10-8-14(9-11-31)23(27)28)29-25(33)18-2-1-3-20-22(18)30-24-15-4-6-17(12-15)32(20)24/h1-3,5,7,13,15,17H,4,6,8-12H2,(H,29,33). The molecule has 5 nitrogen and oxygen atoms in total. The van der Waals surface area contributed by atoms with Gasteiger partial charge >= 0.3 is 0 Å². The highest BCUT2D eigenvalue weighted by molar-refractivity contribution is 9.10. The van der Waals surface area contributed by atoms with Crippen LogP contribution in [0.25, 0.3) is 11.0 Å². The molecule has 3 aliphatic rings. The zero-order chi connectivity index (χ0) is 22.7. The molecule has 2 unspecified atom stereocenters. The monoisotopic (exact) mass is 512 g/mol. The molecule has 1 amide bonds. The minimum Gasteiger partial charge on any atom is -0.369 e. The smallest absolute Gasteiger partial charge is 0.269 e. The van der Waals surface area contributed by atoms with Crippen molar-refractivity contribution in [3.63, 3.8) is 0 Å². The number of hydrogen-bond donors (Lipinski definition) is 1.